The first-order valence-electron chi connectivity index (χ1n) is 5.61. The fraction of sp³-hybridized carbons (Fsp3) is 0.143. The molecule has 0 saturated heterocycles. The number of carboxylic acid groups (broad SMARTS) is 1. The normalized spacial score (nSPS) is 10.3. The first kappa shape index (κ1) is 13.4. The molecule has 0 radical (unpaired) electrons. The minimum Gasteiger partial charge on any atom is -0.477 e. The molecule has 0 aliphatic rings. The van der Waals surface area contributed by atoms with Crippen LogP contribution in [0.4, 0.5) is 0 Å². The van der Waals surface area contributed by atoms with Crippen molar-refractivity contribution in [2.45, 2.75) is 13.8 Å². The minimum absolute atomic E-state index is 0.0243. The Morgan fingerprint density at radius 3 is 2.53 bits per heavy atom. The highest BCUT2D eigenvalue weighted by Crippen LogP contribution is 2.32. The number of pyridine rings is 1. The van der Waals surface area contributed by atoms with Crippen LogP contribution in [-0.4, -0.2) is 16.1 Å². The van der Waals surface area contributed by atoms with E-state index in [4.69, 9.17) is 21.4 Å². The molecule has 4 nitrogen and oxygen atoms in total. The van der Waals surface area contributed by atoms with E-state index in [-0.39, 0.29) is 11.3 Å². The number of carboxylic acids is 1. The van der Waals surface area contributed by atoms with E-state index in [0.717, 1.165) is 11.1 Å². The molecule has 0 bridgehead atoms. The summed E-state index contributed by atoms with van der Waals surface area (Å²) >= 11 is 5.95. The van der Waals surface area contributed by atoms with E-state index in [1.165, 1.54) is 18.5 Å². The Labute approximate surface area is 115 Å². The first-order valence-corrected chi connectivity index (χ1v) is 5.98. The monoisotopic (exact) mass is 277 g/mol. The molecule has 0 saturated carbocycles. The van der Waals surface area contributed by atoms with Gasteiger partial charge in [-0.2, -0.15) is 0 Å². The second kappa shape index (κ2) is 5.28. The predicted molar refractivity (Wildman–Crippen MR) is 72.2 cm³/mol. The molecular formula is C14H12ClNO3. The van der Waals surface area contributed by atoms with Gasteiger partial charge in [0.05, 0.1) is 0 Å². The Hall–Kier alpha value is -2.07. The number of aryl methyl sites for hydroxylation is 2. The van der Waals surface area contributed by atoms with Crippen molar-refractivity contribution in [3.8, 4) is 11.5 Å². The number of rotatable bonds is 3. The highest BCUT2D eigenvalue weighted by molar-refractivity contribution is 6.30. The van der Waals surface area contributed by atoms with E-state index < -0.39 is 5.97 Å². The average Bonchev–Trinajstić information content (AvgIpc) is 2.34. The van der Waals surface area contributed by atoms with E-state index >= 15 is 0 Å². The first-order chi connectivity index (χ1) is 8.99. The Kier molecular flexibility index (Phi) is 3.71. The van der Waals surface area contributed by atoms with Crippen molar-refractivity contribution in [3.05, 3.63) is 52.3 Å². The van der Waals surface area contributed by atoms with Gasteiger partial charge in [-0.15, -0.1) is 0 Å². The molecule has 0 unspecified atom stereocenters. The zero-order chi connectivity index (χ0) is 14.0. The molecule has 1 heterocycles. The molecule has 1 aromatic heterocycles. The fourth-order valence-corrected chi connectivity index (χ4v) is 2.13. The summed E-state index contributed by atoms with van der Waals surface area (Å²) < 4.78 is 5.71. The van der Waals surface area contributed by atoms with Gasteiger partial charge >= 0.3 is 5.97 Å². The fourth-order valence-electron chi connectivity index (χ4n) is 1.80. The van der Waals surface area contributed by atoms with E-state index in [9.17, 15) is 4.79 Å². The number of aromatic carboxylic acids is 1. The van der Waals surface area contributed by atoms with Crippen LogP contribution in [0.3, 0.4) is 0 Å². The smallest absolute Gasteiger partial charge is 0.341 e. The minimum atomic E-state index is -1.08. The number of hydrogen-bond donors (Lipinski definition) is 1. The van der Waals surface area contributed by atoms with Crippen molar-refractivity contribution in [2.24, 2.45) is 0 Å². The highest BCUT2D eigenvalue weighted by Gasteiger charge is 2.14. The van der Waals surface area contributed by atoms with E-state index in [2.05, 4.69) is 4.98 Å². The second-order valence-corrected chi connectivity index (χ2v) is 4.58. The van der Waals surface area contributed by atoms with Gasteiger partial charge in [-0.3, -0.25) is 4.98 Å². The lowest BCUT2D eigenvalue weighted by Gasteiger charge is -2.13. The molecule has 19 heavy (non-hydrogen) atoms. The third-order valence-electron chi connectivity index (χ3n) is 2.65. The van der Waals surface area contributed by atoms with Crippen LogP contribution in [0.2, 0.25) is 5.02 Å². The lowest BCUT2D eigenvalue weighted by Crippen LogP contribution is -2.01. The maximum absolute atomic E-state index is 11.1. The van der Waals surface area contributed by atoms with Gasteiger partial charge < -0.3 is 9.84 Å². The van der Waals surface area contributed by atoms with Crippen molar-refractivity contribution >= 4 is 17.6 Å². The average molecular weight is 278 g/mol. The quantitative estimate of drug-likeness (QED) is 0.926. The molecule has 0 fully saturated rings. The van der Waals surface area contributed by atoms with Crippen LogP contribution in [0.25, 0.3) is 0 Å². The summed E-state index contributed by atoms with van der Waals surface area (Å²) in [6.45, 7) is 3.71. The zero-order valence-electron chi connectivity index (χ0n) is 10.5. The largest absolute Gasteiger partial charge is 0.477 e. The molecule has 2 rings (SSSR count). The van der Waals surface area contributed by atoms with Crippen molar-refractivity contribution < 1.29 is 14.6 Å². The summed E-state index contributed by atoms with van der Waals surface area (Å²) in [4.78, 5) is 14.9. The summed E-state index contributed by atoms with van der Waals surface area (Å²) in [5, 5.41) is 9.71. The summed E-state index contributed by atoms with van der Waals surface area (Å²) in [7, 11) is 0. The molecule has 0 aliphatic heterocycles. The molecule has 0 amide bonds. The van der Waals surface area contributed by atoms with Crippen molar-refractivity contribution in [1.29, 1.82) is 0 Å². The molecule has 2 aromatic rings. The summed E-state index contributed by atoms with van der Waals surface area (Å²) in [5.74, 6) is -0.207. The van der Waals surface area contributed by atoms with Crippen molar-refractivity contribution in [3.63, 3.8) is 0 Å². The van der Waals surface area contributed by atoms with Gasteiger partial charge in [0.15, 0.2) is 0 Å². The number of aromatic nitrogens is 1. The molecule has 0 aliphatic carbocycles. The van der Waals surface area contributed by atoms with Gasteiger partial charge in [0.25, 0.3) is 0 Å². The van der Waals surface area contributed by atoms with Gasteiger partial charge in [0, 0.05) is 23.5 Å². The number of nitrogens with zero attached hydrogens (tertiary/aromatic N) is 1. The summed E-state index contributed by atoms with van der Waals surface area (Å²) in [5.41, 5.74) is 1.72. The summed E-state index contributed by atoms with van der Waals surface area (Å²) in [6.07, 6.45) is 2.75. The van der Waals surface area contributed by atoms with E-state index in [1.807, 2.05) is 13.8 Å². The standard InChI is InChI=1S/C14H12ClNO3/c1-8-5-10(15)6-9(2)13(8)19-12-3-4-16-7-11(12)14(17)18/h3-7H,1-2H3,(H,17,18). The molecule has 5 heteroatoms. The van der Waals surface area contributed by atoms with Gasteiger partial charge in [0.2, 0.25) is 0 Å². The highest BCUT2D eigenvalue weighted by atomic mass is 35.5. The topological polar surface area (TPSA) is 59.4 Å². The van der Waals surface area contributed by atoms with Crippen LogP contribution in [0.15, 0.2) is 30.6 Å². The lowest BCUT2D eigenvalue weighted by molar-refractivity contribution is 0.0693. The van der Waals surface area contributed by atoms with Crippen LogP contribution in [0.1, 0.15) is 21.5 Å². The maximum Gasteiger partial charge on any atom is 0.341 e. The van der Waals surface area contributed by atoms with Crippen LogP contribution in [-0.2, 0) is 0 Å². The van der Waals surface area contributed by atoms with E-state index in [0.29, 0.717) is 10.8 Å². The molecule has 1 N–H and O–H groups in total. The van der Waals surface area contributed by atoms with Gasteiger partial charge in [-0.05, 0) is 37.1 Å². The summed E-state index contributed by atoms with van der Waals surface area (Å²) in [6, 6.07) is 5.06. The Morgan fingerprint density at radius 1 is 1.32 bits per heavy atom. The third-order valence-corrected chi connectivity index (χ3v) is 2.87. The van der Waals surface area contributed by atoms with Gasteiger partial charge in [-0.1, -0.05) is 11.6 Å². The van der Waals surface area contributed by atoms with Crippen molar-refractivity contribution in [2.75, 3.05) is 0 Å². The maximum atomic E-state index is 11.1. The Bertz CT molecular complexity index is 617. The zero-order valence-corrected chi connectivity index (χ0v) is 11.2. The van der Waals surface area contributed by atoms with E-state index in [1.54, 1.807) is 12.1 Å². The number of hydrogen-bond acceptors (Lipinski definition) is 3. The molecular weight excluding hydrogens is 266 g/mol. The lowest BCUT2D eigenvalue weighted by atomic mass is 10.1. The van der Waals surface area contributed by atoms with Crippen LogP contribution in [0, 0.1) is 13.8 Å². The molecule has 1 aromatic carbocycles. The van der Waals surface area contributed by atoms with Gasteiger partial charge in [0.1, 0.15) is 17.1 Å². The number of carbonyl (C=O) groups is 1. The van der Waals surface area contributed by atoms with Crippen LogP contribution in [0.5, 0.6) is 11.5 Å². The Balaban J connectivity index is 2.45. The van der Waals surface area contributed by atoms with Gasteiger partial charge in [-0.25, -0.2) is 4.79 Å². The SMILES string of the molecule is Cc1cc(Cl)cc(C)c1Oc1ccncc1C(=O)O. The van der Waals surface area contributed by atoms with Crippen LogP contribution < -0.4 is 4.74 Å². The molecule has 98 valence electrons. The molecule has 0 spiro atoms. The number of ether oxygens (including phenoxy) is 1. The van der Waals surface area contributed by atoms with Crippen molar-refractivity contribution in [1.82, 2.24) is 4.98 Å². The number of benzene rings is 1. The predicted octanol–water partition coefficient (Wildman–Crippen LogP) is 3.84. The number of halogens is 1. The third kappa shape index (κ3) is 2.85. The Morgan fingerprint density at radius 2 is 1.95 bits per heavy atom. The second-order valence-electron chi connectivity index (χ2n) is 4.15. The molecule has 0 atom stereocenters. The van der Waals surface area contributed by atoms with Crippen LogP contribution >= 0.6 is 11.6 Å².